The molecule has 6 nitrogen and oxygen atoms in total. The molecule has 1 aromatic heterocycles. The minimum atomic E-state index is -0.380. The number of likely N-dealkylation sites (tertiary alicyclic amines) is 1. The Kier molecular flexibility index (Phi) is 5.92. The van der Waals surface area contributed by atoms with Crippen LogP contribution < -0.4 is 10.9 Å². The smallest absolute Gasteiger partial charge is 0.253 e. The van der Waals surface area contributed by atoms with E-state index in [0.29, 0.717) is 37.1 Å². The van der Waals surface area contributed by atoms with E-state index in [4.69, 9.17) is 0 Å². The molecule has 1 saturated heterocycles. The van der Waals surface area contributed by atoms with Crippen molar-refractivity contribution in [2.45, 2.75) is 33.2 Å². The molecule has 0 spiro atoms. The molecule has 0 aliphatic carbocycles. The van der Waals surface area contributed by atoms with Gasteiger partial charge in [0.05, 0.1) is 0 Å². The lowest BCUT2D eigenvalue weighted by Crippen LogP contribution is -2.43. The molecule has 1 aliphatic rings. The number of carbonyl (C=O) groups excluding carboxylic acids is 2. The molecule has 0 unspecified atom stereocenters. The molecule has 0 saturated carbocycles. The van der Waals surface area contributed by atoms with Gasteiger partial charge in [0, 0.05) is 42.4 Å². The second-order valence-electron chi connectivity index (χ2n) is 7.23. The number of H-pyrrole nitrogens is 1. The number of benzene rings is 1. The van der Waals surface area contributed by atoms with Crippen LogP contribution in [0, 0.1) is 25.6 Å². The highest BCUT2D eigenvalue weighted by Crippen LogP contribution is 2.19. The zero-order valence-corrected chi connectivity index (χ0v) is 16.0. The molecule has 3 rings (SSSR count). The molecule has 1 aliphatic heterocycles. The van der Waals surface area contributed by atoms with Gasteiger partial charge in [-0.1, -0.05) is 0 Å². The number of nitrogens with one attached hydrogen (secondary N) is 2. The van der Waals surface area contributed by atoms with E-state index in [1.54, 1.807) is 4.90 Å². The Morgan fingerprint density at radius 2 is 1.82 bits per heavy atom. The van der Waals surface area contributed by atoms with Crippen molar-refractivity contribution in [2.24, 2.45) is 5.92 Å². The summed E-state index contributed by atoms with van der Waals surface area (Å²) in [6, 6.07) is 7.35. The summed E-state index contributed by atoms with van der Waals surface area (Å²) < 4.78 is 13.0. The minimum absolute atomic E-state index is 0.103. The molecule has 28 heavy (non-hydrogen) atoms. The lowest BCUT2D eigenvalue weighted by molar-refractivity contribution is -0.126. The summed E-state index contributed by atoms with van der Waals surface area (Å²) in [5.41, 5.74) is 2.45. The van der Waals surface area contributed by atoms with Crippen LogP contribution in [0.15, 0.2) is 35.1 Å². The van der Waals surface area contributed by atoms with E-state index in [1.165, 1.54) is 24.3 Å². The number of aryl methyl sites for hydroxylation is 2. The maximum atomic E-state index is 13.0. The highest BCUT2D eigenvalue weighted by atomic mass is 19.1. The van der Waals surface area contributed by atoms with E-state index in [-0.39, 0.29) is 35.7 Å². The van der Waals surface area contributed by atoms with Crippen molar-refractivity contribution in [3.05, 3.63) is 68.9 Å². The number of hydrogen-bond donors (Lipinski definition) is 2. The molecule has 0 radical (unpaired) electrons. The second-order valence-corrected chi connectivity index (χ2v) is 7.23. The number of aromatic amines is 1. The Bertz CT molecular complexity index is 929. The summed E-state index contributed by atoms with van der Waals surface area (Å²) in [6.45, 7) is 4.80. The quantitative estimate of drug-likeness (QED) is 0.847. The third-order valence-corrected chi connectivity index (χ3v) is 5.18. The molecule has 2 amide bonds. The van der Waals surface area contributed by atoms with Crippen LogP contribution in [-0.2, 0) is 11.3 Å². The summed E-state index contributed by atoms with van der Waals surface area (Å²) in [4.78, 5) is 41.4. The predicted octanol–water partition coefficient (Wildman–Crippen LogP) is 2.30. The number of amides is 2. The van der Waals surface area contributed by atoms with E-state index >= 15 is 0 Å². The third kappa shape index (κ3) is 4.47. The van der Waals surface area contributed by atoms with Gasteiger partial charge in [-0.15, -0.1) is 0 Å². The van der Waals surface area contributed by atoms with Crippen molar-refractivity contribution >= 4 is 11.8 Å². The molecule has 0 atom stereocenters. The van der Waals surface area contributed by atoms with Gasteiger partial charge in [-0.25, -0.2) is 4.39 Å². The van der Waals surface area contributed by atoms with Crippen molar-refractivity contribution in [1.29, 1.82) is 0 Å². The Morgan fingerprint density at radius 1 is 1.18 bits per heavy atom. The SMILES string of the molecule is Cc1cc(C)c(CNC(=O)C2CCN(C(=O)c3ccc(F)cc3)CC2)c(=O)[nH]1. The van der Waals surface area contributed by atoms with Crippen LogP contribution in [0.2, 0.25) is 0 Å². The Morgan fingerprint density at radius 3 is 2.43 bits per heavy atom. The van der Waals surface area contributed by atoms with Crippen LogP contribution in [-0.4, -0.2) is 34.8 Å². The first-order valence-corrected chi connectivity index (χ1v) is 9.37. The molecule has 148 valence electrons. The van der Waals surface area contributed by atoms with Crippen molar-refractivity contribution in [2.75, 3.05) is 13.1 Å². The summed E-state index contributed by atoms with van der Waals surface area (Å²) in [7, 11) is 0. The average Bonchev–Trinajstić information content (AvgIpc) is 2.67. The highest BCUT2D eigenvalue weighted by Gasteiger charge is 2.27. The van der Waals surface area contributed by atoms with E-state index in [9.17, 15) is 18.8 Å². The number of aromatic nitrogens is 1. The molecular weight excluding hydrogens is 361 g/mol. The first-order chi connectivity index (χ1) is 13.3. The van der Waals surface area contributed by atoms with E-state index < -0.39 is 0 Å². The fraction of sp³-hybridized carbons (Fsp3) is 0.381. The number of piperidine rings is 1. The Hall–Kier alpha value is -2.96. The summed E-state index contributed by atoms with van der Waals surface area (Å²) in [5.74, 6) is -0.828. The number of halogens is 1. The maximum Gasteiger partial charge on any atom is 0.253 e. The van der Waals surface area contributed by atoms with Crippen LogP contribution >= 0.6 is 0 Å². The van der Waals surface area contributed by atoms with Crippen LogP contribution in [0.5, 0.6) is 0 Å². The molecule has 1 aromatic carbocycles. The fourth-order valence-electron chi connectivity index (χ4n) is 3.54. The van der Waals surface area contributed by atoms with Crippen LogP contribution in [0.3, 0.4) is 0 Å². The number of hydrogen-bond acceptors (Lipinski definition) is 3. The maximum absolute atomic E-state index is 13.0. The minimum Gasteiger partial charge on any atom is -0.352 e. The van der Waals surface area contributed by atoms with Crippen LogP contribution in [0.25, 0.3) is 0 Å². The lowest BCUT2D eigenvalue weighted by Gasteiger charge is -2.31. The Labute approximate surface area is 162 Å². The van der Waals surface area contributed by atoms with Gasteiger partial charge in [-0.2, -0.15) is 0 Å². The molecular formula is C21H24FN3O3. The van der Waals surface area contributed by atoms with Crippen molar-refractivity contribution in [3.63, 3.8) is 0 Å². The molecule has 2 N–H and O–H groups in total. The zero-order valence-electron chi connectivity index (χ0n) is 16.0. The second kappa shape index (κ2) is 8.37. The standard InChI is InChI=1S/C21H24FN3O3/c1-13-11-14(2)24-20(27)18(13)12-23-19(26)15-7-9-25(10-8-15)21(28)16-3-5-17(22)6-4-16/h3-6,11,15H,7-10,12H2,1-2H3,(H,23,26)(H,24,27). The van der Waals surface area contributed by atoms with E-state index in [0.717, 1.165) is 11.3 Å². The van der Waals surface area contributed by atoms with Crippen LogP contribution in [0.1, 0.15) is 40.0 Å². The van der Waals surface area contributed by atoms with Crippen molar-refractivity contribution in [1.82, 2.24) is 15.2 Å². The first-order valence-electron chi connectivity index (χ1n) is 9.37. The van der Waals surface area contributed by atoms with Gasteiger partial charge in [0.15, 0.2) is 0 Å². The van der Waals surface area contributed by atoms with Crippen molar-refractivity contribution in [3.8, 4) is 0 Å². The summed E-state index contributed by atoms with van der Waals surface area (Å²) in [6.07, 6.45) is 1.12. The van der Waals surface area contributed by atoms with Gasteiger partial charge in [0.25, 0.3) is 11.5 Å². The van der Waals surface area contributed by atoms with Gasteiger partial charge in [-0.3, -0.25) is 14.4 Å². The predicted molar refractivity (Wildman–Crippen MR) is 103 cm³/mol. The summed E-state index contributed by atoms with van der Waals surface area (Å²) in [5, 5.41) is 2.85. The third-order valence-electron chi connectivity index (χ3n) is 5.18. The molecule has 2 heterocycles. The van der Waals surface area contributed by atoms with E-state index in [1.807, 2.05) is 19.9 Å². The van der Waals surface area contributed by atoms with Crippen molar-refractivity contribution < 1.29 is 14.0 Å². The zero-order chi connectivity index (χ0) is 20.3. The topological polar surface area (TPSA) is 82.3 Å². The van der Waals surface area contributed by atoms with Gasteiger partial charge in [0.2, 0.25) is 5.91 Å². The summed E-state index contributed by atoms with van der Waals surface area (Å²) >= 11 is 0. The normalized spacial score (nSPS) is 14.8. The molecule has 1 fully saturated rings. The number of nitrogens with zero attached hydrogens (tertiary/aromatic N) is 1. The monoisotopic (exact) mass is 385 g/mol. The van der Waals surface area contributed by atoms with Gasteiger partial charge in [0.1, 0.15) is 5.82 Å². The van der Waals surface area contributed by atoms with Gasteiger partial charge < -0.3 is 15.2 Å². The van der Waals surface area contributed by atoms with Gasteiger partial charge >= 0.3 is 0 Å². The lowest BCUT2D eigenvalue weighted by atomic mass is 9.95. The number of carbonyl (C=O) groups is 2. The average molecular weight is 385 g/mol. The largest absolute Gasteiger partial charge is 0.352 e. The first kappa shape index (κ1) is 19.8. The highest BCUT2D eigenvalue weighted by molar-refractivity contribution is 5.94. The molecule has 0 bridgehead atoms. The van der Waals surface area contributed by atoms with Crippen LogP contribution in [0.4, 0.5) is 4.39 Å². The number of pyridine rings is 1. The van der Waals surface area contributed by atoms with Gasteiger partial charge in [-0.05, 0) is 62.6 Å². The number of rotatable bonds is 4. The van der Waals surface area contributed by atoms with E-state index in [2.05, 4.69) is 10.3 Å². The fourth-order valence-corrected chi connectivity index (χ4v) is 3.54. The molecule has 2 aromatic rings. The Balaban J connectivity index is 1.53. The molecule has 7 heteroatoms.